The Labute approximate surface area is 84.5 Å². The third-order valence-electron chi connectivity index (χ3n) is 2.94. The van der Waals surface area contributed by atoms with E-state index >= 15 is 0 Å². The summed E-state index contributed by atoms with van der Waals surface area (Å²) in [4.78, 5) is 4.17. The quantitative estimate of drug-likeness (QED) is 0.728. The van der Waals surface area contributed by atoms with Crippen molar-refractivity contribution < 1.29 is 0 Å². The van der Waals surface area contributed by atoms with Crippen molar-refractivity contribution in [1.82, 2.24) is 14.8 Å². The smallest absolute Gasteiger partial charge is 0.164 e. The van der Waals surface area contributed by atoms with E-state index in [4.69, 9.17) is 5.73 Å². The lowest BCUT2D eigenvalue weighted by molar-refractivity contribution is 0.402. The Morgan fingerprint density at radius 1 is 1.29 bits per heavy atom. The lowest BCUT2D eigenvalue weighted by Gasteiger charge is -2.13. The molecular weight excluding hydrogens is 176 g/mol. The summed E-state index contributed by atoms with van der Waals surface area (Å²) < 4.78 is 2.01. The van der Waals surface area contributed by atoms with Crippen LogP contribution in [0.15, 0.2) is 6.33 Å². The number of aromatic nitrogens is 3. The molecule has 1 aliphatic rings. The Morgan fingerprint density at radius 3 is 2.57 bits per heavy atom. The summed E-state index contributed by atoms with van der Waals surface area (Å²) >= 11 is 0. The molecule has 1 aliphatic carbocycles. The maximum atomic E-state index is 5.49. The summed E-state index contributed by atoms with van der Waals surface area (Å²) in [6.45, 7) is 0.444. The number of nitrogens with two attached hydrogens (primary N) is 1. The van der Waals surface area contributed by atoms with Crippen LogP contribution in [0, 0.1) is 0 Å². The van der Waals surface area contributed by atoms with Gasteiger partial charge in [-0.1, -0.05) is 25.7 Å². The molecule has 2 N–H and O–H groups in total. The Hall–Kier alpha value is -0.900. The standard InChI is InChI=1S/C10H18N4/c11-7-10-12-8-14(13-10)9-5-3-1-2-4-6-9/h8-9H,1-7,11H2. The maximum absolute atomic E-state index is 5.49. The van der Waals surface area contributed by atoms with Crippen LogP contribution >= 0.6 is 0 Å². The number of rotatable bonds is 2. The second-order valence-corrected chi connectivity index (χ2v) is 3.99. The van der Waals surface area contributed by atoms with E-state index in [1.807, 2.05) is 11.0 Å². The van der Waals surface area contributed by atoms with Crippen LogP contribution in [0.25, 0.3) is 0 Å². The first-order valence-corrected chi connectivity index (χ1v) is 5.50. The molecule has 0 bridgehead atoms. The molecule has 1 heterocycles. The van der Waals surface area contributed by atoms with Crippen molar-refractivity contribution in [2.75, 3.05) is 0 Å². The molecular formula is C10H18N4. The molecule has 14 heavy (non-hydrogen) atoms. The van der Waals surface area contributed by atoms with Gasteiger partial charge >= 0.3 is 0 Å². The third-order valence-corrected chi connectivity index (χ3v) is 2.94. The van der Waals surface area contributed by atoms with Crippen LogP contribution in [0.4, 0.5) is 0 Å². The summed E-state index contributed by atoms with van der Waals surface area (Å²) in [7, 11) is 0. The molecule has 0 unspecified atom stereocenters. The predicted octanol–water partition coefficient (Wildman–Crippen LogP) is 1.63. The molecule has 2 rings (SSSR count). The topological polar surface area (TPSA) is 56.7 Å². The predicted molar refractivity (Wildman–Crippen MR) is 54.7 cm³/mol. The Bertz CT molecular complexity index is 273. The lowest BCUT2D eigenvalue weighted by atomic mass is 10.1. The van der Waals surface area contributed by atoms with Crippen LogP contribution in [0.1, 0.15) is 50.4 Å². The minimum atomic E-state index is 0.444. The van der Waals surface area contributed by atoms with Gasteiger partial charge in [0.15, 0.2) is 5.82 Å². The molecule has 0 atom stereocenters. The second kappa shape index (κ2) is 4.55. The van der Waals surface area contributed by atoms with Gasteiger partial charge in [0.1, 0.15) is 6.33 Å². The van der Waals surface area contributed by atoms with Gasteiger partial charge in [0.05, 0.1) is 12.6 Å². The molecule has 0 aromatic carbocycles. The van der Waals surface area contributed by atoms with E-state index in [0.29, 0.717) is 12.6 Å². The molecule has 1 fully saturated rings. The maximum Gasteiger partial charge on any atom is 0.164 e. The van der Waals surface area contributed by atoms with E-state index < -0.39 is 0 Å². The molecule has 78 valence electrons. The van der Waals surface area contributed by atoms with Gasteiger partial charge in [0.2, 0.25) is 0 Å². The highest BCUT2D eigenvalue weighted by Crippen LogP contribution is 2.25. The summed E-state index contributed by atoms with van der Waals surface area (Å²) in [5, 5.41) is 4.37. The van der Waals surface area contributed by atoms with Gasteiger partial charge in [-0.3, -0.25) is 0 Å². The largest absolute Gasteiger partial charge is 0.324 e. The van der Waals surface area contributed by atoms with Crippen LogP contribution in [0.5, 0.6) is 0 Å². The van der Waals surface area contributed by atoms with Crippen LogP contribution in [-0.2, 0) is 6.54 Å². The highest BCUT2D eigenvalue weighted by atomic mass is 15.3. The van der Waals surface area contributed by atoms with Crippen molar-refractivity contribution in [3.05, 3.63) is 12.2 Å². The Morgan fingerprint density at radius 2 is 2.00 bits per heavy atom. The van der Waals surface area contributed by atoms with Crippen molar-refractivity contribution in [3.63, 3.8) is 0 Å². The molecule has 0 saturated heterocycles. The van der Waals surface area contributed by atoms with Gasteiger partial charge in [0, 0.05) is 0 Å². The molecule has 0 radical (unpaired) electrons. The van der Waals surface area contributed by atoms with Crippen LogP contribution in [-0.4, -0.2) is 14.8 Å². The first-order chi connectivity index (χ1) is 6.90. The van der Waals surface area contributed by atoms with E-state index in [1.54, 1.807) is 0 Å². The van der Waals surface area contributed by atoms with E-state index in [9.17, 15) is 0 Å². The molecule has 0 spiro atoms. The van der Waals surface area contributed by atoms with Gasteiger partial charge < -0.3 is 5.73 Å². The van der Waals surface area contributed by atoms with E-state index in [-0.39, 0.29) is 0 Å². The summed E-state index contributed by atoms with van der Waals surface area (Å²) in [5.41, 5.74) is 5.49. The molecule has 4 heteroatoms. The van der Waals surface area contributed by atoms with Gasteiger partial charge in [-0.2, -0.15) is 5.10 Å². The van der Waals surface area contributed by atoms with E-state index in [0.717, 1.165) is 5.82 Å². The number of hydrogen-bond acceptors (Lipinski definition) is 3. The molecule has 0 aliphatic heterocycles. The van der Waals surface area contributed by atoms with Crippen molar-refractivity contribution >= 4 is 0 Å². The van der Waals surface area contributed by atoms with Crippen LogP contribution in [0.3, 0.4) is 0 Å². The van der Waals surface area contributed by atoms with E-state index in [1.165, 1.54) is 38.5 Å². The Kier molecular flexibility index (Phi) is 3.14. The first kappa shape index (κ1) is 9.65. The Balaban J connectivity index is 2.04. The fourth-order valence-corrected chi connectivity index (χ4v) is 2.10. The van der Waals surface area contributed by atoms with Crippen LogP contribution < -0.4 is 5.73 Å². The average molecular weight is 194 g/mol. The van der Waals surface area contributed by atoms with Crippen LogP contribution in [0.2, 0.25) is 0 Å². The molecule has 1 aromatic rings. The van der Waals surface area contributed by atoms with Crippen molar-refractivity contribution in [2.24, 2.45) is 5.73 Å². The van der Waals surface area contributed by atoms with Gasteiger partial charge in [-0.15, -0.1) is 0 Å². The fraction of sp³-hybridized carbons (Fsp3) is 0.800. The molecule has 0 amide bonds. The highest BCUT2D eigenvalue weighted by Gasteiger charge is 2.14. The molecule has 1 saturated carbocycles. The number of hydrogen-bond donors (Lipinski definition) is 1. The van der Waals surface area contributed by atoms with Gasteiger partial charge in [-0.05, 0) is 12.8 Å². The van der Waals surface area contributed by atoms with Gasteiger partial charge in [-0.25, -0.2) is 9.67 Å². The summed E-state index contributed by atoms with van der Waals surface area (Å²) in [5.74, 6) is 0.759. The zero-order chi connectivity index (χ0) is 9.80. The molecule has 4 nitrogen and oxygen atoms in total. The minimum absolute atomic E-state index is 0.444. The van der Waals surface area contributed by atoms with Gasteiger partial charge in [0.25, 0.3) is 0 Å². The fourth-order valence-electron chi connectivity index (χ4n) is 2.10. The second-order valence-electron chi connectivity index (χ2n) is 3.99. The zero-order valence-electron chi connectivity index (χ0n) is 8.52. The van der Waals surface area contributed by atoms with E-state index in [2.05, 4.69) is 10.1 Å². The average Bonchev–Trinajstić information content (AvgIpc) is 2.53. The monoisotopic (exact) mass is 194 g/mol. The van der Waals surface area contributed by atoms with Crippen molar-refractivity contribution in [2.45, 2.75) is 51.1 Å². The summed E-state index contributed by atoms with van der Waals surface area (Å²) in [6, 6.07) is 0.560. The minimum Gasteiger partial charge on any atom is -0.324 e. The summed E-state index contributed by atoms with van der Waals surface area (Å²) in [6.07, 6.45) is 9.70. The zero-order valence-corrected chi connectivity index (χ0v) is 8.52. The first-order valence-electron chi connectivity index (χ1n) is 5.50. The SMILES string of the molecule is NCc1ncn(C2CCCCCC2)n1. The lowest BCUT2D eigenvalue weighted by Crippen LogP contribution is -2.09. The molecule has 1 aromatic heterocycles. The number of nitrogens with zero attached hydrogens (tertiary/aromatic N) is 3. The third kappa shape index (κ3) is 2.12. The van der Waals surface area contributed by atoms with Crippen molar-refractivity contribution in [3.8, 4) is 0 Å². The van der Waals surface area contributed by atoms with Crippen molar-refractivity contribution in [1.29, 1.82) is 0 Å². The normalized spacial score (nSPS) is 19.5. The highest BCUT2D eigenvalue weighted by molar-refractivity contribution is 4.82.